The second-order valence-electron chi connectivity index (χ2n) is 9.34. The molecule has 3 heterocycles. The smallest absolute Gasteiger partial charge is 0.271 e. The Morgan fingerprint density at radius 1 is 1.30 bits per heavy atom. The summed E-state index contributed by atoms with van der Waals surface area (Å²) in [6.07, 6.45) is 7.04. The first-order valence-electron chi connectivity index (χ1n) is 12.2. The normalized spacial score (nSPS) is 19.6. The summed E-state index contributed by atoms with van der Waals surface area (Å²) in [5, 5.41) is 6.37. The molecule has 3 amide bonds. The largest absolute Gasteiger partial charge is 0.496 e. The second kappa shape index (κ2) is 9.97. The highest BCUT2D eigenvalue weighted by Crippen LogP contribution is 2.33. The average molecular weight is 503 g/mol. The Morgan fingerprint density at radius 3 is 2.86 bits per heavy atom. The van der Waals surface area contributed by atoms with E-state index in [0.717, 1.165) is 10.9 Å². The standard InChI is InChI=1S/C28H27FN4O4/c1-3-19(14-17-9-11-30-26(17)34)31-27(35)25-20-8-7-18(29)13-16(20)10-12-33(25)28(36)23-15-21-22(32-23)5-4-6-24(21)37-2/h1,4-8,13,15,17,19,25,32H,9-12,14H2,2H3,(H,30,34)(H,31,35)/t17-,19+,25?/m0/s1. The third-order valence-corrected chi connectivity index (χ3v) is 7.12. The van der Waals surface area contributed by atoms with Gasteiger partial charge in [0.1, 0.15) is 23.3 Å². The third kappa shape index (κ3) is 4.62. The zero-order valence-electron chi connectivity index (χ0n) is 20.3. The van der Waals surface area contributed by atoms with Gasteiger partial charge in [0, 0.05) is 29.9 Å². The maximum Gasteiger partial charge on any atom is 0.271 e. The first-order valence-corrected chi connectivity index (χ1v) is 12.2. The Morgan fingerprint density at radius 2 is 2.14 bits per heavy atom. The van der Waals surface area contributed by atoms with Gasteiger partial charge >= 0.3 is 0 Å². The van der Waals surface area contributed by atoms with E-state index in [0.29, 0.717) is 48.4 Å². The van der Waals surface area contributed by atoms with E-state index in [1.807, 2.05) is 12.1 Å². The molecule has 1 unspecified atom stereocenters. The van der Waals surface area contributed by atoms with Crippen molar-refractivity contribution < 1.29 is 23.5 Å². The summed E-state index contributed by atoms with van der Waals surface area (Å²) >= 11 is 0. The number of aromatic amines is 1. The van der Waals surface area contributed by atoms with Crippen LogP contribution in [0.4, 0.5) is 4.39 Å². The first-order chi connectivity index (χ1) is 17.9. The number of rotatable bonds is 6. The van der Waals surface area contributed by atoms with Crippen LogP contribution >= 0.6 is 0 Å². The Hall–Kier alpha value is -4.32. The van der Waals surface area contributed by atoms with Gasteiger partial charge in [0.15, 0.2) is 0 Å². The lowest BCUT2D eigenvalue weighted by Crippen LogP contribution is -2.49. The maximum absolute atomic E-state index is 14.0. The topological polar surface area (TPSA) is 104 Å². The number of nitrogens with zero attached hydrogens (tertiary/aromatic N) is 1. The van der Waals surface area contributed by atoms with Gasteiger partial charge < -0.3 is 25.3 Å². The average Bonchev–Trinajstić information content (AvgIpc) is 3.52. The molecule has 3 N–H and O–H groups in total. The van der Waals surface area contributed by atoms with Crippen LogP contribution in [0.2, 0.25) is 0 Å². The Balaban J connectivity index is 1.46. The van der Waals surface area contributed by atoms with Crippen LogP contribution in [-0.2, 0) is 16.0 Å². The molecule has 2 aliphatic rings. The quantitative estimate of drug-likeness (QED) is 0.451. The number of amides is 3. The summed E-state index contributed by atoms with van der Waals surface area (Å²) in [7, 11) is 1.56. The maximum atomic E-state index is 14.0. The van der Waals surface area contributed by atoms with E-state index in [1.165, 1.54) is 23.1 Å². The van der Waals surface area contributed by atoms with Crippen LogP contribution in [0.3, 0.4) is 0 Å². The Kier molecular flexibility index (Phi) is 6.57. The lowest BCUT2D eigenvalue weighted by Gasteiger charge is -2.36. The fraction of sp³-hybridized carbons (Fsp3) is 0.321. The zero-order chi connectivity index (χ0) is 26.1. The molecule has 0 aliphatic carbocycles. The molecule has 8 nitrogen and oxygen atoms in total. The molecule has 3 atom stereocenters. The van der Waals surface area contributed by atoms with Crippen molar-refractivity contribution in [2.45, 2.75) is 31.3 Å². The van der Waals surface area contributed by atoms with E-state index in [9.17, 15) is 18.8 Å². The summed E-state index contributed by atoms with van der Waals surface area (Å²) in [4.78, 5) is 44.0. The van der Waals surface area contributed by atoms with Crippen molar-refractivity contribution in [2.24, 2.45) is 5.92 Å². The van der Waals surface area contributed by atoms with Crippen LogP contribution in [0.1, 0.15) is 40.5 Å². The Labute approximate surface area is 213 Å². The molecule has 9 heteroatoms. The highest BCUT2D eigenvalue weighted by molar-refractivity contribution is 6.02. The van der Waals surface area contributed by atoms with E-state index in [1.54, 1.807) is 19.2 Å². The van der Waals surface area contributed by atoms with Crippen LogP contribution in [0, 0.1) is 24.1 Å². The van der Waals surface area contributed by atoms with Crippen molar-refractivity contribution in [3.8, 4) is 18.1 Å². The summed E-state index contributed by atoms with van der Waals surface area (Å²) in [6.45, 7) is 0.791. The van der Waals surface area contributed by atoms with Gasteiger partial charge in [-0.15, -0.1) is 6.42 Å². The van der Waals surface area contributed by atoms with Crippen molar-refractivity contribution in [1.82, 2.24) is 20.5 Å². The van der Waals surface area contributed by atoms with Gasteiger partial charge in [-0.3, -0.25) is 14.4 Å². The SMILES string of the molecule is C#C[C@H](C[C@@H]1CCNC1=O)NC(=O)C1c2ccc(F)cc2CCN1C(=O)c1cc2c(OC)cccc2[nH]1. The Bertz CT molecular complexity index is 1430. The molecule has 2 aliphatic heterocycles. The highest BCUT2D eigenvalue weighted by Gasteiger charge is 2.38. The molecule has 0 bridgehead atoms. The minimum atomic E-state index is -1.02. The highest BCUT2D eigenvalue weighted by atomic mass is 19.1. The number of terminal acetylenes is 1. The van der Waals surface area contributed by atoms with Gasteiger partial charge in [-0.25, -0.2) is 4.39 Å². The molecular weight excluding hydrogens is 475 g/mol. The molecule has 1 saturated heterocycles. The van der Waals surface area contributed by atoms with E-state index in [2.05, 4.69) is 21.5 Å². The lowest BCUT2D eigenvalue weighted by molar-refractivity contribution is -0.127. The molecule has 37 heavy (non-hydrogen) atoms. The molecule has 190 valence electrons. The number of benzene rings is 2. The van der Waals surface area contributed by atoms with Crippen LogP contribution < -0.4 is 15.4 Å². The number of nitrogens with one attached hydrogen (secondary N) is 3. The van der Waals surface area contributed by atoms with E-state index in [4.69, 9.17) is 11.2 Å². The summed E-state index contributed by atoms with van der Waals surface area (Å²) < 4.78 is 19.4. The van der Waals surface area contributed by atoms with Crippen molar-refractivity contribution >= 4 is 28.6 Å². The van der Waals surface area contributed by atoms with Crippen molar-refractivity contribution in [3.05, 3.63) is 65.1 Å². The molecular formula is C28H27FN4O4. The van der Waals surface area contributed by atoms with Crippen molar-refractivity contribution in [2.75, 3.05) is 20.2 Å². The molecule has 1 aromatic heterocycles. The predicted molar refractivity (Wildman–Crippen MR) is 135 cm³/mol. The van der Waals surface area contributed by atoms with E-state index in [-0.39, 0.29) is 24.3 Å². The monoisotopic (exact) mass is 502 g/mol. The number of hydrogen-bond donors (Lipinski definition) is 3. The number of hydrogen-bond acceptors (Lipinski definition) is 4. The number of fused-ring (bicyclic) bond motifs is 2. The summed E-state index contributed by atoms with van der Waals surface area (Å²) in [6, 6.07) is 9.67. The molecule has 2 aromatic carbocycles. The van der Waals surface area contributed by atoms with Crippen LogP contribution in [0.5, 0.6) is 5.75 Å². The number of halogens is 1. The molecule has 0 radical (unpaired) electrons. The van der Waals surface area contributed by atoms with Gasteiger partial charge in [-0.1, -0.05) is 18.1 Å². The minimum Gasteiger partial charge on any atom is -0.496 e. The van der Waals surface area contributed by atoms with Gasteiger partial charge in [-0.05, 0) is 60.7 Å². The molecule has 5 rings (SSSR count). The van der Waals surface area contributed by atoms with Crippen LogP contribution in [0.15, 0.2) is 42.5 Å². The zero-order valence-corrected chi connectivity index (χ0v) is 20.3. The minimum absolute atomic E-state index is 0.0842. The van der Waals surface area contributed by atoms with Gasteiger partial charge in [0.05, 0.1) is 13.2 Å². The third-order valence-electron chi connectivity index (χ3n) is 7.12. The van der Waals surface area contributed by atoms with Crippen molar-refractivity contribution in [1.29, 1.82) is 0 Å². The fourth-order valence-corrected chi connectivity index (χ4v) is 5.25. The van der Waals surface area contributed by atoms with Crippen LogP contribution in [0.25, 0.3) is 10.9 Å². The summed E-state index contributed by atoms with van der Waals surface area (Å²) in [5.41, 5.74) is 2.24. The first kappa shape index (κ1) is 24.4. The van der Waals surface area contributed by atoms with Gasteiger partial charge in [-0.2, -0.15) is 0 Å². The van der Waals surface area contributed by atoms with Gasteiger partial charge in [0.25, 0.3) is 5.91 Å². The lowest BCUT2D eigenvalue weighted by atomic mass is 9.91. The van der Waals surface area contributed by atoms with Crippen molar-refractivity contribution in [3.63, 3.8) is 0 Å². The molecule has 1 fully saturated rings. The molecule has 0 saturated carbocycles. The number of aromatic nitrogens is 1. The number of methoxy groups -OCH3 is 1. The second-order valence-corrected chi connectivity index (χ2v) is 9.34. The number of H-pyrrole nitrogens is 1. The summed E-state index contributed by atoms with van der Waals surface area (Å²) in [5.74, 6) is 1.56. The predicted octanol–water partition coefficient (Wildman–Crippen LogP) is 2.70. The van der Waals surface area contributed by atoms with Crippen LogP contribution in [-0.4, -0.2) is 53.8 Å². The van der Waals surface area contributed by atoms with E-state index >= 15 is 0 Å². The number of ether oxygens (including phenoxy) is 1. The number of carbonyl (C=O) groups is 3. The molecule has 3 aromatic rings. The van der Waals surface area contributed by atoms with E-state index < -0.39 is 23.8 Å². The molecule has 0 spiro atoms. The fourth-order valence-electron chi connectivity index (χ4n) is 5.25. The number of carbonyl (C=O) groups excluding carboxylic acids is 3. The van der Waals surface area contributed by atoms with Gasteiger partial charge in [0.2, 0.25) is 11.8 Å².